The summed E-state index contributed by atoms with van der Waals surface area (Å²) in [6, 6.07) is 3.38. The second-order valence-corrected chi connectivity index (χ2v) is 7.58. The zero-order valence-corrected chi connectivity index (χ0v) is 17.4. The third-order valence-corrected chi connectivity index (χ3v) is 5.78. The summed E-state index contributed by atoms with van der Waals surface area (Å²) in [5, 5.41) is 4.42. The summed E-state index contributed by atoms with van der Waals surface area (Å²) in [4.78, 5) is 12.7. The van der Waals surface area contributed by atoms with Crippen LogP contribution in [0.1, 0.15) is 63.7 Å². The fourth-order valence-electron chi connectivity index (χ4n) is 4.56. The molecule has 0 radical (unpaired) electrons. The summed E-state index contributed by atoms with van der Waals surface area (Å²) in [6.45, 7) is 9.15. The predicted molar refractivity (Wildman–Crippen MR) is 109 cm³/mol. The van der Waals surface area contributed by atoms with Gasteiger partial charge in [0.2, 0.25) is 5.75 Å². The largest absolute Gasteiger partial charge is 0.490 e. The Morgan fingerprint density at radius 1 is 1.04 bits per heavy atom. The molecular weight excluding hydrogens is 356 g/mol. The van der Waals surface area contributed by atoms with E-state index in [1.165, 1.54) is 25.7 Å². The van der Waals surface area contributed by atoms with Crippen LogP contribution in [-0.4, -0.2) is 31.4 Å². The minimum atomic E-state index is -0.271. The first kappa shape index (κ1) is 20.5. The minimum absolute atomic E-state index is 0.271. The summed E-state index contributed by atoms with van der Waals surface area (Å²) in [5.41, 5.74) is 4.20. The van der Waals surface area contributed by atoms with Crippen molar-refractivity contribution in [2.45, 2.75) is 53.4 Å². The summed E-state index contributed by atoms with van der Waals surface area (Å²) < 4.78 is 17.1. The maximum atomic E-state index is 12.7. The van der Waals surface area contributed by atoms with E-state index >= 15 is 0 Å². The van der Waals surface area contributed by atoms with E-state index < -0.39 is 0 Å². The lowest BCUT2D eigenvalue weighted by atomic mass is 9.86. The van der Waals surface area contributed by atoms with E-state index in [0.717, 1.165) is 17.5 Å². The quantitative estimate of drug-likeness (QED) is 0.502. The highest BCUT2D eigenvalue weighted by atomic mass is 16.5. The van der Waals surface area contributed by atoms with Crippen molar-refractivity contribution < 1.29 is 19.0 Å². The molecule has 2 aliphatic carbocycles. The van der Waals surface area contributed by atoms with Gasteiger partial charge in [0.05, 0.1) is 19.8 Å². The lowest BCUT2D eigenvalue weighted by Gasteiger charge is -2.21. The normalized spacial score (nSPS) is 23.6. The average molecular weight is 389 g/mol. The number of amides is 1. The van der Waals surface area contributed by atoms with Gasteiger partial charge in [0, 0.05) is 17.2 Å². The number of hydrogen-bond acceptors (Lipinski definition) is 5. The molecular formula is C22H32N2O4. The number of carbonyl (C=O) groups excluding carboxylic acids is 1. The summed E-state index contributed by atoms with van der Waals surface area (Å²) >= 11 is 0. The Bertz CT molecular complexity index is 704. The van der Waals surface area contributed by atoms with Crippen molar-refractivity contribution in [2.24, 2.45) is 22.9 Å². The van der Waals surface area contributed by atoms with E-state index in [4.69, 9.17) is 14.2 Å². The van der Waals surface area contributed by atoms with Gasteiger partial charge in [-0.05, 0) is 70.9 Å². The highest BCUT2D eigenvalue weighted by Crippen LogP contribution is 2.48. The molecule has 3 atom stereocenters. The van der Waals surface area contributed by atoms with Crippen LogP contribution in [0.4, 0.5) is 0 Å². The summed E-state index contributed by atoms with van der Waals surface area (Å²) in [6.07, 6.45) is 5.18. The van der Waals surface area contributed by atoms with E-state index in [1.807, 2.05) is 27.7 Å². The third kappa shape index (κ3) is 4.42. The Morgan fingerprint density at radius 3 is 2.18 bits per heavy atom. The number of fused-ring (bicyclic) bond motifs is 2. The first-order valence-corrected chi connectivity index (χ1v) is 10.5. The van der Waals surface area contributed by atoms with E-state index in [-0.39, 0.29) is 5.91 Å². The molecule has 0 aliphatic heterocycles. The molecule has 0 spiro atoms. The van der Waals surface area contributed by atoms with Gasteiger partial charge >= 0.3 is 0 Å². The molecule has 3 rings (SSSR count). The van der Waals surface area contributed by atoms with Crippen LogP contribution >= 0.6 is 0 Å². The number of hydrazone groups is 1. The molecule has 1 aromatic rings. The van der Waals surface area contributed by atoms with Crippen LogP contribution in [-0.2, 0) is 0 Å². The van der Waals surface area contributed by atoms with Crippen LogP contribution in [0.25, 0.3) is 0 Å². The van der Waals surface area contributed by atoms with Gasteiger partial charge in [-0.15, -0.1) is 0 Å². The molecule has 2 fully saturated rings. The van der Waals surface area contributed by atoms with Crippen molar-refractivity contribution >= 4 is 11.6 Å². The maximum absolute atomic E-state index is 12.7. The highest BCUT2D eigenvalue weighted by molar-refractivity contribution is 5.96. The Hall–Kier alpha value is -2.24. The monoisotopic (exact) mass is 388 g/mol. The lowest BCUT2D eigenvalue weighted by Crippen LogP contribution is -2.24. The molecule has 1 amide bonds. The summed E-state index contributed by atoms with van der Waals surface area (Å²) in [5.74, 6) is 3.38. The molecule has 6 heteroatoms. The van der Waals surface area contributed by atoms with Crippen molar-refractivity contribution in [3.63, 3.8) is 0 Å². The number of rotatable bonds is 9. The molecule has 2 bridgehead atoms. The number of nitrogens with zero attached hydrogens (tertiary/aromatic N) is 1. The van der Waals surface area contributed by atoms with Crippen molar-refractivity contribution in [1.82, 2.24) is 5.43 Å². The molecule has 1 aromatic carbocycles. The van der Waals surface area contributed by atoms with Gasteiger partial charge in [0.15, 0.2) is 11.5 Å². The fourth-order valence-corrected chi connectivity index (χ4v) is 4.56. The van der Waals surface area contributed by atoms with Crippen LogP contribution in [0.3, 0.4) is 0 Å². The van der Waals surface area contributed by atoms with Gasteiger partial charge in [-0.3, -0.25) is 4.79 Å². The Labute approximate surface area is 167 Å². The van der Waals surface area contributed by atoms with Gasteiger partial charge in [0.25, 0.3) is 5.91 Å². The van der Waals surface area contributed by atoms with Gasteiger partial charge in [-0.2, -0.15) is 5.10 Å². The van der Waals surface area contributed by atoms with Crippen molar-refractivity contribution in [2.75, 3.05) is 19.8 Å². The van der Waals surface area contributed by atoms with Crippen LogP contribution in [0.15, 0.2) is 17.2 Å². The lowest BCUT2D eigenvalue weighted by molar-refractivity contribution is 0.0953. The number of hydrogen-bond donors (Lipinski definition) is 1. The van der Waals surface area contributed by atoms with E-state index in [1.54, 1.807) is 12.1 Å². The molecule has 6 nitrogen and oxygen atoms in total. The topological polar surface area (TPSA) is 69.2 Å². The van der Waals surface area contributed by atoms with Gasteiger partial charge in [-0.1, -0.05) is 6.42 Å². The van der Waals surface area contributed by atoms with Crippen LogP contribution in [0.5, 0.6) is 17.2 Å². The van der Waals surface area contributed by atoms with Crippen molar-refractivity contribution in [1.29, 1.82) is 0 Å². The molecule has 0 heterocycles. The highest BCUT2D eigenvalue weighted by Gasteiger charge is 2.40. The zero-order chi connectivity index (χ0) is 20.1. The van der Waals surface area contributed by atoms with E-state index in [2.05, 4.69) is 10.5 Å². The smallest absolute Gasteiger partial charge is 0.271 e. The second-order valence-electron chi connectivity index (χ2n) is 7.58. The Balaban J connectivity index is 1.77. The molecule has 154 valence electrons. The number of benzene rings is 1. The predicted octanol–water partition coefficient (Wildman–Crippen LogP) is 4.42. The molecule has 0 aromatic heterocycles. The third-order valence-electron chi connectivity index (χ3n) is 5.78. The van der Waals surface area contributed by atoms with E-state index in [0.29, 0.717) is 48.6 Å². The van der Waals surface area contributed by atoms with E-state index in [9.17, 15) is 4.79 Å². The van der Waals surface area contributed by atoms with Gasteiger partial charge in [0.1, 0.15) is 0 Å². The Kier molecular flexibility index (Phi) is 6.81. The zero-order valence-electron chi connectivity index (χ0n) is 17.4. The first-order valence-electron chi connectivity index (χ1n) is 10.5. The van der Waals surface area contributed by atoms with Crippen LogP contribution in [0, 0.1) is 17.8 Å². The summed E-state index contributed by atoms with van der Waals surface area (Å²) in [7, 11) is 0. The maximum Gasteiger partial charge on any atom is 0.271 e. The minimum Gasteiger partial charge on any atom is -0.490 e. The molecule has 0 saturated heterocycles. The fraction of sp³-hybridized carbons (Fsp3) is 0.636. The Morgan fingerprint density at radius 2 is 1.68 bits per heavy atom. The SMILES string of the molecule is CCOc1cc(C(=O)N/N=C(\C)C2CC3CCC2C3)cc(OCC)c1OCC. The van der Waals surface area contributed by atoms with Crippen LogP contribution in [0.2, 0.25) is 0 Å². The molecule has 1 N–H and O–H groups in total. The van der Waals surface area contributed by atoms with Crippen molar-refractivity contribution in [3.8, 4) is 17.2 Å². The molecule has 2 saturated carbocycles. The van der Waals surface area contributed by atoms with Crippen molar-refractivity contribution in [3.05, 3.63) is 17.7 Å². The average Bonchev–Trinajstić information content (AvgIpc) is 3.32. The van der Waals surface area contributed by atoms with Gasteiger partial charge < -0.3 is 14.2 Å². The van der Waals surface area contributed by atoms with Gasteiger partial charge in [-0.25, -0.2) is 5.43 Å². The molecule has 28 heavy (non-hydrogen) atoms. The molecule has 2 aliphatic rings. The number of ether oxygens (including phenoxy) is 3. The number of nitrogens with one attached hydrogen (secondary N) is 1. The number of carbonyl (C=O) groups is 1. The van der Waals surface area contributed by atoms with Crippen LogP contribution < -0.4 is 19.6 Å². The molecule has 3 unspecified atom stereocenters. The standard InChI is InChI=1S/C22H32N2O4/c1-5-26-19-12-17(13-20(27-6-2)21(19)28-7-3)22(25)24-23-14(4)18-11-15-8-9-16(18)10-15/h12-13,15-16,18H,5-11H2,1-4H3,(H,24,25)/b23-14+. The first-order chi connectivity index (χ1) is 13.6. The second kappa shape index (κ2) is 9.30.